The van der Waals surface area contributed by atoms with E-state index in [4.69, 9.17) is 5.73 Å². The zero-order valence-corrected chi connectivity index (χ0v) is 11.1. The Morgan fingerprint density at radius 1 is 1.29 bits per heavy atom. The zero-order chi connectivity index (χ0) is 12.1. The minimum Gasteiger partial charge on any atom is -0.383 e. The second kappa shape index (κ2) is 6.10. The number of amidine groups is 1. The van der Waals surface area contributed by atoms with Crippen LogP contribution < -0.4 is 5.73 Å². The Kier molecular flexibility index (Phi) is 4.49. The Morgan fingerprint density at radius 3 is 2.76 bits per heavy atom. The summed E-state index contributed by atoms with van der Waals surface area (Å²) in [6.07, 6.45) is 7.16. The molecule has 2 atom stereocenters. The lowest BCUT2D eigenvalue weighted by atomic mass is 9.95. The van der Waals surface area contributed by atoms with E-state index in [9.17, 15) is 0 Å². The van der Waals surface area contributed by atoms with Crippen LogP contribution in [0.2, 0.25) is 0 Å². The first-order chi connectivity index (χ1) is 8.29. The average molecular weight is 248 g/mol. The summed E-state index contributed by atoms with van der Waals surface area (Å²) in [4.78, 5) is 4.69. The Balaban J connectivity index is 2.03. The Hall–Kier alpha value is -0.960. The first kappa shape index (κ1) is 12.5. The van der Waals surface area contributed by atoms with Crippen molar-refractivity contribution in [2.24, 2.45) is 10.7 Å². The fourth-order valence-electron chi connectivity index (χ4n) is 2.33. The summed E-state index contributed by atoms with van der Waals surface area (Å²) >= 11 is 1.96. The Bertz CT molecular complexity index is 375. The number of thioether (sulfide) groups is 1. The van der Waals surface area contributed by atoms with Crippen molar-refractivity contribution in [2.75, 3.05) is 6.26 Å². The van der Waals surface area contributed by atoms with Gasteiger partial charge in [-0.3, -0.25) is 4.99 Å². The average Bonchev–Trinajstić information content (AvgIpc) is 2.40. The van der Waals surface area contributed by atoms with Crippen molar-refractivity contribution >= 4 is 17.6 Å². The smallest absolute Gasteiger partial charge is 0.125 e. The molecule has 1 aliphatic rings. The molecule has 0 aliphatic heterocycles. The fourth-order valence-corrected chi connectivity index (χ4v) is 3.15. The van der Waals surface area contributed by atoms with Gasteiger partial charge in [-0.25, -0.2) is 0 Å². The molecule has 0 aromatic heterocycles. The summed E-state index contributed by atoms with van der Waals surface area (Å²) in [7, 11) is 0. The van der Waals surface area contributed by atoms with Crippen LogP contribution >= 0.6 is 11.8 Å². The molecule has 2 unspecified atom stereocenters. The molecule has 0 radical (unpaired) electrons. The first-order valence-electron chi connectivity index (χ1n) is 6.21. The van der Waals surface area contributed by atoms with Crippen LogP contribution in [0.4, 0.5) is 0 Å². The van der Waals surface area contributed by atoms with Crippen LogP contribution in [-0.4, -0.2) is 23.4 Å². The third-order valence-corrected chi connectivity index (χ3v) is 4.42. The van der Waals surface area contributed by atoms with E-state index in [0.717, 1.165) is 10.8 Å². The molecule has 0 amide bonds. The molecule has 2 N–H and O–H groups in total. The van der Waals surface area contributed by atoms with Crippen molar-refractivity contribution in [1.82, 2.24) is 0 Å². The van der Waals surface area contributed by atoms with Gasteiger partial charge in [0.1, 0.15) is 5.84 Å². The highest BCUT2D eigenvalue weighted by atomic mass is 32.2. The minimum atomic E-state index is 0.418. The summed E-state index contributed by atoms with van der Waals surface area (Å²) in [5.41, 5.74) is 7.10. The number of nitrogens with two attached hydrogens (primary N) is 1. The highest BCUT2D eigenvalue weighted by Gasteiger charge is 2.20. The standard InChI is InChI=1S/C14H20N2S/c1-17-13-9-5-8-12(10-13)16-14(15)11-6-3-2-4-7-11/h2-4,6-7,12-13H,5,8-10H2,1H3,(H2,15,16). The zero-order valence-electron chi connectivity index (χ0n) is 10.3. The van der Waals surface area contributed by atoms with Crippen LogP contribution in [0, 0.1) is 0 Å². The highest BCUT2D eigenvalue weighted by Crippen LogP contribution is 2.28. The summed E-state index contributed by atoms with van der Waals surface area (Å²) in [6, 6.07) is 10.5. The lowest BCUT2D eigenvalue weighted by Gasteiger charge is -2.25. The first-order valence-corrected chi connectivity index (χ1v) is 7.50. The number of hydrogen-bond donors (Lipinski definition) is 1. The molecule has 0 heterocycles. The molecule has 1 aliphatic carbocycles. The van der Waals surface area contributed by atoms with Gasteiger partial charge in [0.2, 0.25) is 0 Å². The maximum absolute atomic E-state index is 6.06. The van der Waals surface area contributed by atoms with Gasteiger partial charge in [-0.05, 0) is 25.5 Å². The van der Waals surface area contributed by atoms with E-state index in [2.05, 4.69) is 11.2 Å². The number of nitrogens with zero attached hydrogens (tertiary/aromatic N) is 1. The van der Waals surface area contributed by atoms with Crippen molar-refractivity contribution in [3.8, 4) is 0 Å². The maximum Gasteiger partial charge on any atom is 0.125 e. The summed E-state index contributed by atoms with van der Waals surface area (Å²) < 4.78 is 0. The molecule has 1 fully saturated rings. The van der Waals surface area contributed by atoms with Crippen molar-refractivity contribution in [3.63, 3.8) is 0 Å². The van der Waals surface area contributed by atoms with Crippen LogP contribution in [-0.2, 0) is 0 Å². The maximum atomic E-state index is 6.06. The topological polar surface area (TPSA) is 38.4 Å². The quantitative estimate of drug-likeness (QED) is 0.659. The van der Waals surface area contributed by atoms with Gasteiger partial charge < -0.3 is 5.73 Å². The largest absolute Gasteiger partial charge is 0.383 e. The van der Waals surface area contributed by atoms with Gasteiger partial charge in [-0.15, -0.1) is 0 Å². The van der Waals surface area contributed by atoms with E-state index in [0.29, 0.717) is 11.9 Å². The predicted molar refractivity (Wildman–Crippen MR) is 76.7 cm³/mol. The summed E-state index contributed by atoms with van der Waals surface area (Å²) in [6.45, 7) is 0. The van der Waals surface area contributed by atoms with E-state index >= 15 is 0 Å². The van der Waals surface area contributed by atoms with E-state index in [1.807, 2.05) is 42.1 Å². The number of aliphatic imine (C=N–C) groups is 1. The van der Waals surface area contributed by atoms with Crippen molar-refractivity contribution in [1.29, 1.82) is 0 Å². The number of benzene rings is 1. The van der Waals surface area contributed by atoms with E-state index in [1.54, 1.807) is 0 Å². The molecule has 3 heteroatoms. The molecule has 0 saturated heterocycles. The van der Waals surface area contributed by atoms with Crippen LogP contribution in [0.15, 0.2) is 35.3 Å². The second-order valence-electron chi connectivity index (χ2n) is 4.56. The number of rotatable bonds is 3. The van der Waals surface area contributed by atoms with Gasteiger partial charge >= 0.3 is 0 Å². The van der Waals surface area contributed by atoms with Gasteiger partial charge in [-0.1, -0.05) is 36.8 Å². The molecule has 0 bridgehead atoms. The van der Waals surface area contributed by atoms with Crippen LogP contribution in [0.3, 0.4) is 0 Å². The normalized spacial score (nSPS) is 25.8. The lowest BCUT2D eigenvalue weighted by Crippen LogP contribution is -2.24. The van der Waals surface area contributed by atoms with Gasteiger partial charge in [-0.2, -0.15) is 11.8 Å². The molecule has 1 saturated carbocycles. The summed E-state index contributed by atoms with van der Waals surface area (Å²) in [5.74, 6) is 0.692. The summed E-state index contributed by atoms with van der Waals surface area (Å²) in [5, 5.41) is 0.765. The monoisotopic (exact) mass is 248 g/mol. The van der Waals surface area contributed by atoms with Crippen LogP contribution in [0.1, 0.15) is 31.2 Å². The predicted octanol–water partition coefficient (Wildman–Crippen LogP) is 3.07. The Morgan fingerprint density at radius 2 is 2.06 bits per heavy atom. The second-order valence-corrected chi connectivity index (χ2v) is 5.70. The van der Waals surface area contributed by atoms with Gasteiger partial charge in [0, 0.05) is 10.8 Å². The molecule has 17 heavy (non-hydrogen) atoms. The molecule has 0 spiro atoms. The van der Waals surface area contributed by atoms with Crippen molar-refractivity contribution in [3.05, 3.63) is 35.9 Å². The van der Waals surface area contributed by atoms with Crippen molar-refractivity contribution in [2.45, 2.75) is 37.0 Å². The molecular weight excluding hydrogens is 228 g/mol. The molecule has 2 rings (SSSR count). The SMILES string of the molecule is CSC1CCCC(N=C(N)c2ccccc2)C1. The van der Waals surface area contributed by atoms with E-state index in [1.165, 1.54) is 25.7 Å². The molecular formula is C14H20N2S. The third-order valence-electron chi connectivity index (χ3n) is 3.32. The fraction of sp³-hybridized carbons (Fsp3) is 0.500. The van der Waals surface area contributed by atoms with Gasteiger partial charge in [0.15, 0.2) is 0 Å². The molecule has 1 aromatic rings. The molecule has 92 valence electrons. The van der Waals surface area contributed by atoms with Gasteiger partial charge in [0.05, 0.1) is 6.04 Å². The van der Waals surface area contributed by atoms with E-state index in [-0.39, 0.29) is 0 Å². The van der Waals surface area contributed by atoms with Crippen LogP contribution in [0.5, 0.6) is 0 Å². The van der Waals surface area contributed by atoms with Gasteiger partial charge in [0.25, 0.3) is 0 Å². The highest BCUT2D eigenvalue weighted by molar-refractivity contribution is 7.99. The Labute approximate surface area is 108 Å². The lowest BCUT2D eigenvalue weighted by molar-refractivity contribution is 0.453. The molecule has 1 aromatic carbocycles. The third kappa shape index (κ3) is 3.50. The minimum absolute atomic E-state index is 0.418. The van der Waals surface area contributed by atoms with Crippen LogP contribution in [0.25, 0.3) is 0 Å². The number of hydrogen-bond acceptors (Lipinski definition) is 2. The molecule has 2 nitrogen and oxygen atoms in total. The van der Waals surface area contributed by atoms with Crippen molar-refractivity contribution < 1.29 is 0 Å². The van der Waals surface area contributed by atoms with E-state index < -0.39 is 0 Å².